The smallest absolute Gasteiger partial charge is 0.159 e. The first-order valence-electron chi connectivity index (χ1n) is 9.87. The Bertz CT molecular complexity index is 1220. The van der Waals surface area contributed by atoms with Gasteiger partial charge in [-0.1, -0.05) is 26.8 Å². The monoisotopic (exact) mass is 413 g/mol. The molecule has 0 aliphatic carbocycles. The van der Waals surface area contributed by atoms with Crippen LogP contribution in [0.25, 0.3) is 22.3 Å². The lowest BCUT2D eigenvalue weighted by Crippen LogP contribution is -2.13. The number of hydrogen-bond donors (Lipinski definition) is 1. The summed E-state index contributed by atoms with van der Waals surface area (Å²) in [4.78, 5) is 4.85. The number of fused-ring (bicyclic) bond motifs is 1. The molecule has 1 saturated heterocycles. The Kier molecular flexibility index (Phi) is 4.49. The van der Waals surface area contributed by atoms with Crippen molar-refractivity contribution in [2.45, 2.75) is 52.5 Å². The normalized spacial score (nSPS) is 19.1. The summed E-state index contributed by atoms with van der Waals surface area (Å²) in [5.41, 5.74) is 4.92. The van der Waals surface area contributed by atoms with Crippen molar-refractivity contribution in [1.82, 2.24) is 14.8 Å². The molecule has 4 rings (SSSR count). The van der Waals surface area contributed by atoms with Gasteiger partial charge in [0.2, 0.25) is 0 Å². The zero-order valence-electron chi connectivity index (χ0n) is 17.5. The van der Waals surface area contributed by atoms with Crippen molar-refractivity contribution in [3.05, 3.63) is 41.1 Å². The minimum absolute atomic E-state index is 0.0574. The van der Waals surface area contributed by atoms with Gasteiger partial charge in [-0.2, -0.15) is 5.10 Å². The first-order chi connectivity index (χ1) is 13.5. The first-order valence-corrected chi connectivity index (χ1v) is 11.7. The van der Waals surface area contributed by atoms with Crippen LogP contribution >= 0.6 is 0 Å². The molecular formula is C22H27N3O3S. The van der Waals surface area contributed by atoms with Gasteiger partial charge in [-0.15, -0.1) is 0 Å². The van der Waals surface area contributed by atoms with Crippen molar-refractivity contribution in [2.75, 3.05) is 11.5 Å². The highest BCUT2D eigenvalue weighted by Gasteiger charge is 2.32. The van der Waals surface area contributed by atoms with E-state index in [4.69, 9.17) is 4.98 Å². The summed E-state index contributed by atoms with van der Waals surface area (Å²) >= 11 is 0. The van der Waals surface area contributed by atoms with Crippen LogP contribution in [0.4, 0.5) is 0 Å². The third kappa shape index (κ3) is 3.52. The number of aryl methyl sites for hydroxylation is 2. The second-order valence-electron chi connectivity index (χ2n) is 9.09. The van der Waals surface area contributed by atoms with Crippen LogP contribution in [-0.2, 0) is 15.3 Å². The summed E-state index contributed by atoms with van der Waals surface area (Å²) in [5.74, 6) is 0.458. The van der Waals surface area contributed by atoms with E-state index in [1.807, 2.05) is 32.0 Å². The van der Waals surface area contributed by atoms with Gasteiger partial charge in [0, 0.05) is 10.9 Å². The molecule has 1 aliphatic rings. The highest BCUT2D eigenvalue weighted by molar-refractivity contribution is 7.91. The molecule has 0 spiro atoms. The summed E-state index contributed by atoms with van der Waals surface area (Å²) in [7, 11) is -3.03. The number of hydrogen-bond acceptors (Lipinski definition) is 5. The molecule has 3 aromatic rings. The van der Waals surface area contributed by atoms with Crippen LogP contribution < -0.4 is 0 Å². The SMILES string of the molecule is Cc1cc(-c2cc(C(C)(C)C)ccc2O)nc2c1c(C)nn2C1CCS(=O)(=O)C1. The number of phenolic OH excluding ortho intramolecular Hbond substituents is 1. The summed E-state index contributed by atoms with van der Waals surface area (Å²) in [6.07, 6.45) is 0.550. The lowest BCUT2D eigenvalue weighted by molar-refractivity contribution is 0.476. The molecule has 6 nitrogen and oxygen atoms in total. The van der Waals surface area contributed by atoms with E-state index >= 15 is 0 Å². The van der Waals surface area contributed by atoms with E-state index in [9.17, 15) is 13.5 Å². The predicted molar refractivity (Wildman–Crippen MR) is 115 cm³/mol. The maximum absolute atomic E-state index is 12.0. The maximum Gasteiger partial charge on any atom is 0.159 e. The zero-order valence-corrected chi connectivity index (χ0v) is 18.3. The molecule has 0 radical (unpaired) electrons. The largest absolute Gasteiger partial charge is 0.507 e. The first kappa shape index (κ1) is 19.9. The Morgan fingerprint density at radius 2 is 1.90 bits per heavy atom. The van der Waals surface area contributed by atoms with Gasteiger partial charge in [-0.05, 0) is 55.0 Å². The lowest BCUT2D eigenvalue weighted by Gasteiger charge is -2.20. The molecule has 1 aromatic carbocycles. The summed E-state index contributed by atoms with van der Waals surface area (Å²) in [6, 6.07) is 7.39. The summed E-state index contributed by atoms with van der Waals surface area (Å²) in [5, 5.41) is 16.1. The van der Waals surface area contributed by atoms with Crippen LogP contribution in [0.2, 0.25) is 0 Å². The van der Waals surface area contributed by atoms with Gasteiger partial charge in [-0.3, -0.25) is 0 Å². The average Bonchev–Trinajstić information content (AvgIpc) is 3.13. The van der Waals surface area contributed by atoms with Gasteiger partial charge < -0.3 is 5.11 Å². The molecule has 0 amide bonds. The standard InChI is InChI=1S/C22H27N3O3S/c1-13-10-18(17-11-15(22(3,4)5)6-7-19(17)26)23-21-20(13)14(2)24-25(21)16-8-9-29(27,28)12-16/h6-7,10-11,16,26H,8-9,12H2,1-5H3. The number of aromatic hydroxyl groups is 1. The van der Waals surface area contributed by atoms with Gasteiger partial charge in [0.25, 0.3) is 0 Å². The molecule has 3 heterocycles. The predicted octanol–water partition coefficient (Wildman–Crippen LogP) is 4.08. The van der Waals surface area contributed by atoms with E-state index in [0.29, 0.717) is 23.3 Å². The van der Waals surface area contributed by atoms with Crippen LogP contribution in [-0.4, -0.2) is 39.8 Å². The summed E-state index contributed by atoms with van der Waals surface area (Å²) < 4.78 is 25.8. The Hall–Kier alpha value is -2.41. The zero-order chi connectivity index (χ0) is 21.1. The molecule has 1 N–H and O–H groups in total. The molecule has 1 fully saturated rings. The average molecular weight is 414 g/mol. The Morgan fingerprint density at radius 3 is 2.52 bits per heavy atom. The van der Waals surface area contributed by atoms with Crippen LogP contribution in [0.15, 0.2) is 24.3 Å². The number of sulfone groups is 1. The van der Waals surface area contributed by atoms with Gasteiger partial charge in [-0.25, -0.2) is 18.1 Å². The molecule has 154 valence electrons. The van der Waals surface area contributed by atoms with Crippen molar-refractivity contribution in [3.8, 4) is 17.0 Å². The van der Waals surface area contributed by atoms with Crippen LogP contribution in [0.5, 0.6) is 5.75 Å². The molecule has 7 heteroatoms. The number of phenols is 1. The van der Waals surface area contributed by atoms with Gasteiger partial charge in [0.1, 0.15) is 5.75 Å². The molecular weight excluding hydrogens is 386 g/mol. The number of aromatic nitrogens is 3. The molecule has 2 aromatic heterocycles. The molecule has 0 saturated carbocycles. The Morgan fingerprint density at radius 1 is 1.17 bits per heavy atom. The fourth-order valence-corrected chi connectivity index (χ4v) is 5.79. The van der Waals surface area contributed by atoms with Gasteiger partial charge in [0.05, 0.1) is 28.9 Å². The van der Waals surface area contributed by atoms with E-state index in [0.717, 1.165) is 22.2 Å². The molecule has 0 bridgehead atoms. The fourth-order valence-electron chi connectivity index (χ4n) is 4.10. The minimum Gasteiger partial charge on any atom is -0.507 e. The second kappa shape index (κ2) is 6.55. The minimum atomic E-state index is -3.03. The van der Waals surface area contributed by atoms with Crippen molar-refractivity contribution < 1.29 is 13.5 Å². The molecule has 1 aliphatic heterocycles. The fraction of sp³-hybridized carbons (Fsp3) is 0.455. The third-order valence-corrected chi connectivity index (χ3v) is 7.48. The van der Waals surface area contributed by atoms with Crippen LogP contribution in [0.1, 0.15) is 50.1 Å². The third-order valence-electron chi connectivity index (χ3n) is 5.73. The van der Waals surface area contributed by atoms with E-state index in [1.165, 1.54) is 0 Å². The van der Waals surface area contributed by atoms with E-state index in [-0.39, 0.29) is 28.7 Å². The van der Waals surface area contributed by atoms with Crippen LogP contribution in [0, 0.1) is 13.8 Å². The Balaban J connectivity index is 1.91. The quantitative estimate of drug-likeness (QED) is 0.684. The molecule has 1 atom stereocenters. The second-order valence-corrected chi connectivity index (χ2v) is 11.3. The molecule has 1 unspecified atom stereocenters. The van der Waals surface area contributed by atoms with Gasteiger partial charge in [0.15, 0.2) is 15.5 Å². The van der Waals surface area contributed by atoms with E-state index in [2.05, 4.69) is 25.9 Å². The topological polar surface area (TPSA) is 85.1 Å². The lowest BCUT2D eigenvalue weighted by atomic mass is 9.85. The number of benzene rings is 1. The number of rotatable bonds is 2. The Labute approximate surface area is 171 Å². The molecule has 29 heavy (non-hydrogen) atoms. The highest BCUT2D eigenvalue weighted by Crippen LogP contribution is 2.36. The summed E-state index contributed by atoms with van der Waals surface area (Å²) in [6.45, 7) is 10.3. The van der Waals surface area contributed by atoms with Crippen molar-refractivity contribution in [3.63, 3.8) is 0 Å². The number of pyridine rings is 1. The van der Waals surface area contributed by atoms with Crippen molar-refractivity contribution in [1.29, 1.82) is 0 Å². The van der Waals surface area contributed by atoms with E-state index in [1.54, 1.807) is 10.7 Å². The van der Waals surface area contributed by atoms with E-state index < -0.39 is 9.84 Å². The number of nitrogens with zero attached hydrogens (tertiary/aromatic N) is 3. The maximum atomic E-state index is 12.0. The van der Waals surface area contributed by atoms with Crippen LogP contribution in [0.3, 0.4) is 0 Å². The van der Waals surface area contributed by atoms with Crippen molar-refractivity contribution in [2.24, 2.45) is 0 Å². The van der Waals surface area contributed by atoms with Crippen molar-refractivity contribution >= 4 is 20.9 Å². The highest BCUT2D eigenvalue weighted by atomic mass is 32.2. The van der Waals surface area contributed by atoms with Gasteiger partial charge >= 0.3 is 0 Å².